The number of hydrogen-bond donors (Lipinski definition) is 1. The summed E-state index contributed by atoms with van der Waals surface area (Å²) < 4.78 is 0. The van der Waals surface area contributed by atoms with Gasteiger partial charge in [-0.25, -0.2) is 4.98 Å². The van der Waals surface area contributed by atoms with E-state index in [-0.39, 0.29) is 0 Å². The van der Waals surface area contributed by atoms with E-state index in [2.05, 4.69) is 39.6 Å². The third-order valence-corrected chi connectivity index (χ3v) is 2.35. The lowest BCUT2D eigenvalue weighted by Gasteiger charge is -2.04. The molecule has 0 saturated carbocycles. The van der Waals surface area contributed by atoms with Crippen molar-refractivity contribution in [3.05, 3.63) is 54.5 Å². The third-order valence-electron chi connectivity index (χ3n) is 2.35. The average molecular weight is 213 g/mol. The maximum absolute atomic E-state index is 4.15. The van der Waals surface area contributed by atoms with E-state index in [9.17, 15) is 0 Å². The van der Waals surface area contributed by atoms with Crippen LogP contribution in [0.15, 0.2) is 48.9 Å². The third kappa shape index (κ3) is 3.35. The van der Waals surface area contributed by atoms with Gasteiger partial charge in [0.15, 0.2) is 0 Å². The molecule has 0 amide bonds. The van der Waals surface area contributed by atoms with E-state index >= 15 is 0 Å². The second-order valence-electron chi connectivity index (χ2n) is 3.61. The second-order valence-corrected chi connectivity index (χ2v) is 3.61. The highest BCUT2D eigenvalue weighted by Gasteiger charge is 1.93. The molecule has 0 saturated heterocycles. The van der Waals surface area contributed by atoms with Gasteiger partial charge in [0.1, 0.15) is 5.82 Å². The van der Waals surface area contributed by atoms with Crippen LogP contribution in [-0.2, 0) is 6.42 Å². The Kier molecular flexibility index (Phi) is 3.88. The predicted molar refractivity (Wildman–Crippen MR) is 65.3 cm³/mol. The van der Waals surface area contributed by atoms with Gasteiger partial charge >= 0.3 is 0 Å². The van der Waals surface area contributed by atoms with Crippen molar-refractivity contribution in [1.29, 1.82) is 0 Å². The van der Waals surface area contributed by atoms with Crippen molar-refractivity contribution in [1.82, 2.24) is 9.97 Å². The standard InChI is InChI=1S/C13H15N3/c1-2-5-12(6-3-1)7-4-8-15-13-11-14-9-10-16-13/h1-3,5-6,9-11H,4,7-8H2,(H,15,16). The van der Waals surface area contributed by atoms with E-state index in [1.165, 1.54) is 5.56 Å². The van der Waals surface area contributed by atoms with Crippen LogP contribution in [-0.4, -0.2) is 16.5 Å². The number of nitrogens with zero attached hydrogens (tertiary/aromatic N) is 2. The highest BCUT2D eigenvalue weighted by Crippen LogP contribution is 2.03. The molecule has 0 aliphatic rings. The molecule has 82 valence electrons. The number of aryl methyl sites for hydroxylation is 1. The summed E-state index contributed by atoms with van der Waals surface area (Å²) in [4.78, 5) is 8.15. The van der Waals surface area contributed by atoms with E-state index in [0.717, 1.165) is 25.2 Å². The fraction of sp³-hybridized carbons (Fsp3) is 0.231. The fourth-order valence-electron chi connectivity index (χ4n) is 1.54. The largest absolute Gasteiger partial charge is 0.369 e. The van der Waals surface area contributed by atoms with Gasteiger partial charge in [-0.15, -0.1) is 0 Å². The molecular formula is C13H15N3. The lowest BCUT2D eigenvalue weighted by atomic mass is 10.1. The molecule has 0 fully saturated rings. The summed E-state index contributed by atoms with van der Waals surface area (Å²) in [5.74, 6) is 0.843. The maximum Gasteiger partial charge on any atom is 0.144 e. The number of anilines is 1. The topological polar surface area (TPSA) is 37.8 Å². The molecule has 0 spiro atoms. The number of rotatable bonds is 5. The maximum atomic E-state index is 4.15. The Bertz CT molecular complexity index is 359. The van der Waals surface area contributed by atoms with Crippen LogP contribution < -0.4 is 5.32 Å². The quantitative estimate of drug-likeness (QED) is 0.775. The summed E-state index contributed by atoms with van der Waals surface area (Å²) in [6.07, 6.45) is 7.30. The predicted octanol–water partition coefficient (Wildman–Crippen LogP) is 2.52. The summed E-state index contributed by atoms with van der Waals surface area (Å²) in [5, 5.41) is 3.24. The van der Waals surface area contributed by atoms with Crippen molar-refractivity contribution in [2.45, 2.75) is 12.8 Å². The van der Waals surface area contributed by atoms with Gasteiger partial charge in [0, 0.05) is 18.9 Å². The first-order valence-corrected chi connectivity index (χ1v) is 5.49. The Balaban J connectivity index is 1.70. The van der Waals surface area contributed by atoms with E-state index in [1.807, 2.05) is 6.07 Å². The molecule has 1 N–H and O–H groups in total. The summed E-state index contributed by atoms with van der Waals surface area (Å²) in [6.45, 7) is 0.924. The molecule has 0 unspecified atom stereocenters. The van der Waals surface area contributed by atoms with Gasteiger partial charge in [-0.3, -0.25) is 4.98 Å². The van der Waals surface area contributed by atoms with Crippen molar-refractivity contribution in [3.63, 3.8) is 0 Å². The lowest BCUT2D eigenvalue weighted by Crippen LogP contribution is -2.04. The van der Waals surface area contributed by atoms with Crippen molar-refractivity contribution in [3.8, 4) is 0 Å². The molecule has 1 aromatic heterocycles. The van der Waals surface area contributed by atoms with Crippen LogP contribution in [0.1, 0.15) is 12.0 Å². The van der Waals surface area contributed by atoms with Crippen LogP contribution in [0.4, 0.5) is 5.82 Å². The average Bonchev–Trinajstić information content (AvgIpc) is 2.37. The fourth-order valence-corrected chi connectivity index (χ4v) is 1.54. The molecule has 0 bridgehead atoms. The molecule has 0 atom stereocenters. The van der Waals surface area contributed by atoms with Crippen molar-refractivity contribution >= 4 is 5.82 Å². The number of hydrogen-bond acceptors (Lipinski definition) is 3. The summed E-state index contributed by atoms with van der Waals surface area (Å²) >= 11 is 0. The van der Waals surface area contributed by atoms with Crippen LogP contribution in [0.25, 0.3) is 0 Å². The van der Waals surface area contributed by atoms with Gasteiger partial charge in [0.25, 0.3) is 0 Å². The Hall–Kier alpha value is -1.90. The number of nitrogens with one attached hydrogen (secondary N) is 1. The molecule has 1 heterocycles. The molecule has 3 heteroatoms. The monoisotopic (exact) mass is 213 g/mol. The Morgan fingerprint density at radius 3 is 2.69 bits per heavy atom. The minimum Gasteiger partial charge on any atom is -0.369 e. The summed E-state index contributed by atoms with van der Waals surface area (Å²) in [6, 6.07) is 10.5. The molecule has 0 radical (unpaired) electrons. The first-order chi connectivity index (χ1) is 7.95. The zero-order chi connectivity index (χ0) is 11.1. The van der Waals surface area contributed by atoms with Crippen LogP contribution in [0.5, 0.6) is 0 Å². The molecule has 16 heavy (non-hydrogen) atoms. The minimum atomic E-state index is 0.843. The van der Waals surface area contributed by atoms with Gasteiger partial charge in [0.05, 0.1) is 6.20 Å². The Morgan fingerprint density at radius 1 is 1.06 bits per heavy atom. The first kappa shape index (κ1) is 10.6. The normalized spacial score (nSPS) is 10.0. The van der Waals surface area contributed by atoms with Gasteiger partial charge in [-0.2, -0.15) is 0 Å². The second kappa shape index (κ2) is 5.85. The van der Waals surface area contributed by atoms with Gasteiger partial charge < -0.3 is 5.32 Å². The van der Waals surface area contributed by atoms with Gasteiger partial charge in [-0.1, -0.05) is 30.3 Å². The first-order valence-electron chi connectivity index (χ1n) is 5.49. The number of benzene rings is 1. The van der Waals surface area contributed by atoms with Crippen molar-refractivity contribution in [2.24, 2.45) is 0 Å². The smallest absolute Gasteiger partial charge is 0.144 e. The van der Waals surface area contributed by atoms with Crippen LogP contribution in [0.3, 0.4) is 0 Å². The zero-order valence-electron chi connectivity index (χ0n) is 9.13. The van der Waals surface area contributed by atoms with Crippen molar-refractivity contribution in [2.75, 3.05) is 11.9 Å². The Morgan fingerprint density at radius 2 is 1.94 bits per heavy atom. The lowest BCUT2D eigenvalue weighted by molar-refractivity contribution is 0.857. The minimum absolute atomic E-state index is 0.843. The summed E-state index contributed by atoms with van der Waals surface area (Å²) in [7, 11) is 0. The van der Waals surface area contributed by atoms with Crippen LogP contribution >= 0.6 is 0 Å². The molecule has 0 aliphatic carbocycles. The molecule has 1 aromatic carbocycles. The van der Waals surface area contributed by atoms with E-state index in [1.54, 1.807) is 18.6 Å². The molecule has 2 rings (SSSR count). The van der Waals surface area contributed by atoms with E-state index in [0.29, 0.717) is 0 Å². The van der Waals surface area contributed by atoms with E-state index in [4.69, 9.17) is 0 Å². The van der Waals surface area contributed by atoms with Crippen molar-refractivity contribution < 1.29 is 0 Å². The molecular weight excluding hydrogens is 198 g/mol. The van der Waals surface area contributed by atoms with Crippen LogP contribution in [0.2, 0.25) is 0 Å². The molecule has 2 aromatic rings. The zero-order valence-corrected chi connectivity index (χ0v) is 9.13. The van der Waals surface area contributed by atoms with Gasteiger partial charge in [-0.05, 0) is 18.4 Å². The van der Waals surface area contributed by atoms with Gasteiger partial charge in [0.2, 0.25) is 0 Å². The Labute approximate surface area is 95.6 Å². The summed E-state index contributed by atoms with van der Waals surface area (Å²) in [5.41, 5.74) is 1.38. The number of aromatic nitrogens is 2. The van der Waals surface area contributed by atoms with Crippen LogP contribution in [0, 0.1) is 0 Å². The van der Waals surface area contributed by atoms with E-state index < -0.39 is 0 Å². The molecule has 3 nitrogen and oxygen atoms in total. The SMILES string of the molecule is c1ccc(CCCNc2cnccn2)cc1. The molecule has 0 aliphatic heterocycles. The highest BCUT2D eigenvalue weighted by atomic mass is 15.0. The highest BCUT2D eigenvalue weighted by molar-refractivity contribution is 5.29.